The summed E-state index contributed by atoms with van der Waals surface area (Å²) in [5, 5.41) is 7.54. The molecule has 2 amide bonds. The van der Waals surface area contributed by atoms with Crippen LogP contribution in [0.5, 0.6) is 0 Å². The van der Waals surface area contributed by atoms with Crippen molar-refractivity contribution in [3.05, 3.63) is 75.3 Å². The quantitative estimate of drug-likeness (QED) is 0.257. The normalized spacial score (nSPS) is 13.0. The molecule has 0 radical (unpaired) electrons. The molecule has 3 rings (SSSR count). The Morgan fingerprint density at radius 3 is 2.27 bits per heavy atom. The molecule has 0 aliphatic heterocycles. The monoisotopic (exact) mass is 611 g/mol. The molecular weight excluding hydrogens is 594 g/mol. The number of carbonyl (C=O) groups is 3. The van der Waals surface area contributed by atoms with Gasteiger partial charge in [-0.3, -0.25) is 9.59 Å². The lowest BCUT2D eigenvalue weighted by Crippen LogP contribution is -2.35. The van der Waals surface area contributed by atoms with Crippen LogP contribution in [-0.4, -0.2) is 45.1 Å². The van der Waals surface area contributed by atoms with Gasteiger partial charge in [0.05, 0.1) is 28.7 Å². The van der Waals surface area contributed by atoms with Gasteiger partial charge in [0.2, 0.25) is 11.6 Å². The summed E-state index contributed by atoms with van der Waals surface area (Å²) < 4.78 is 105. The highest BCUT2D eigenvalue weighted by Crippen LogP contribution is 2.43. The molecule has 220 valence electrons. The molecule has 1 aromatic heterocycles. The van der Waals surface area contributed by atoms with Crippen LogP contribution in [0.3, 0.4) is 0 Å². The molecule has 41 heavy (non-hydrogen) atoms. The van der Waals surface area contributed by atoms with Gasteiger partial charge in [0, 0.05) is 5.69 Å². The Morgan fingerprint density at radius 1 is 1.05 bits per heavy atom. The summed E-state index contributed by atoms with van der Waals surface area (Å²) in [4.78, 5) is 38.9. The molecule has 17 heteroatoms. The number of benzene rings is 2. The van der Waals surface area contributed by atoms with Crippen LogP contribution in [0.15, 0.2) is 36.4 Å². The molecule has 0 aliphatic rings. The average molecular weight is 612 g/mol. The fraction of sp³-hybridized carbons (Fsp3) is 0.292. The molecule has 0 aliphatic carbocycles. The molecule has 2 aromatic carbocycles. The number of nitrogens with one attached hydrogen (secondary N) is 2. The number of rotatable bonds is 8. The first-order valence-corrected chi connectivity index (χ1v) is 11.7. The topological polar surface area (TPSA) is 106 Å². The van der Waals surface area contributed by atoms with Gasteiger partial charge in [-0.1, -0.05) is 29.8 Å². The summed E-state index contributed by atoms with van der Waals surface area (Å²) in [6.07, 6.45) is -11.2. The Labute approximate surface area is 230 Å². The Bertz CT molecular complexity index is 1490. The second-order valence-electron chi connectivity index (χ2n) is 8.65. The first kappa shape index (κ1) is 31.4. The lowest BCUT2D eigenvalue weighted by Gasteiger charge is -2.15. The van der Waals surface area contributed by atoms with Crippen LogP contribution in [0.1, 0.15) is 50.4 Å². The maximum atomic E-state index is 13.6. The first-order valence-electron chi connectivity index (χ1n) is 11.3. The lowest BCUT2D eigenvalue weighted by atomic mass is 10.0. The van der Waals surface area contributed by atoms with Gasteiger partial charge in [-0.25, -0.2) is 9.67 Å². The summed E-state index contributed by atoms with van der Waals surface area (Å²) >= 11 is 6.09. The molecule has 1 unspecified atom stereocenters. The van der Waals surface area contributed by atoms with Gasteiger partial charge in [-0.05, 0) is 43.2 Å². The number of nitrogens with zero attached hydrogens (tertiary/aromatic N) is 3. The number of aryl methyl sites for hydroxylation is 1. The van der Waals surface area contributed by atoms with Gasteiger partial charge in [0.1, 0.15) is 6.29 Å². The second-order valence-corrected chi connectivity index (χ2v) is 9.06. The van der Waals surface area contributed by atoms with Gasteiger partial charge in [-0.15, -0.1) is 5.10 Å². The third-order valence-corrected chi connectivity index (χ3v) is 5.80. The fourth-order valence-corrected chi connectivity index (χ4v) is 3.77. The van der Waals surface area contributed by atoms with Crippen LogP contribution >= 0.6 is 11.6 Å². The van der Waals surface area contributed by atoms with E-state index >= 15 is 0 Å². The van der Waals surface area contributed by atoms with E-state index in [0.717, 1.165) is 0 Å². The van der Waals surface area contributed by atoms with Crippen LogP contribution in [0, 0.1) is 6.92 Å². The summed E-state index contributed by atoms with van der Waals surface area (Å²) in [6.45, 7) is 1.93. The van der Waals surface area contributed by atoms with E-state index < -0.39 is 54.3 Å². The van der Waals surface area contributed by atoms with Crippen molar-refractivity contribution in [3.8, 4) is 0 Å². The zero-order valence-corrected chi connectivity index (χ0v) is 21.5. The molecular formula is C24H18ClF8N5O3. The van der Waals surface area contributed by atoms with Crippen molar-refractivity contribution >= 4 is 35.4 Å². The van der Waals surface area contributed by atoms with Gasteiger partial charge in [0.25, 0.3) is 11.8 Å². The minimum Gasteiger partial charge on any atom is -0.343 e. The van der Waals surface area contributed by atoms with Crippen LogP contribution < -0.4 is 10.6 Å². The Morgan fingerprint density at radius 2 is 1.71 bits per heavy atom. The van der Waals surface area contributed by atoms with E-state index in [1.807, 2.05) is 0 Å². The van der Waals surface area contributed by atoms with Crippen molar-refractivity contribution in [2.45, 2.75) is 44.7 Å². The minimum atomic E-state index is -6.23. The number of alkyl halides is 8. The Kier molecular flexibility index (Phi) is 8.76. The van der Waals surface area contributed by atoms with Crippen LogP contribution in [0.2, 0.25) is 5.02 Å². The third-order valence-electron chi connectivity index (χ3n) is 5.48. The van der Waals surface area contributed by atoms with Gasteiger partial charge in [-0.2, -0.15) is 35.1 Å². The molecule has 1 heterocycles. The molecule has 0 fully saturated rings. The largest absolute Gasteiger partial charge is 0.461 e. The number of anilines is 1. The van der Waals surface area contributed by atoms with Crippen molar-refractivity contribution in [2.24, 2.45) is 0 Å². The summed E-state index contributed by atoms with van der Waals surface area (Å²) in [5.41, 5.74) is -0.0548. The fourth-order valence-electron chi connectivity index (χ4n) is 3.51. The highest BCUT2D eigenvalue weighted by atomic mass is 35.5. The van der Waals surface area contributed by atoms with Crippen molar-refractivity contribution in [2.75, 3.05) is 5.32 Å². The van der Waals surface area contributed by atoms with Crippen LogP contribution in [0.25, 0.3) is 0 Å². The van der Waals surface area contributed by atoms with Gasteiger partial charge >= 0.3 is 18.3 Å². The van der Waals surface area contributed by atoms with E-state index in [-0.39, 0.29) is 37.6 Å². The minimum absolute atomic E-state index is 0.0107. The standard InChI is InChI=1S/C24H18ClF8N5O3/c1-11-8-13(9-38-21(23(28,29)30)36-20(37-38)22(26,27)24(31,32)33)6-7-16(11)35-18(40)14-4-3-5-15(25)17(14)19(41)34-12(2)10-39/h3-8,10,12H,9H2,1-2H3,(H,34,41)(H,35,40). The van der Waals surface area contributed by atoms with Gasteiger partial charge in [0.15, 0.2) is 0 Å². The molecule has 8 nitrogen and oxygen atoms in total. The van der Waals surface area contributed by atoms with E-state index in [0.29, 0.717) is 6.29 Å². The lowest BCUT2D eigenvalue weighted by molar-refractivity contribution is -0.292. The predicted octanol–water partition coefficient (Wildman–Crippen LogP) is 5.53. The van der Waals surface area contributed by atoms with E-state index in [2.05, 4.69) is 20.7 Å². The van der Waals surface area contributed by atoms with E-state index in [1.165, 1.54) is 50.2 Å². The molecule has 2 N–H and O–H groups in total. The zero-order valence-electron chi connectivity index (χ0n) is 20.8. The summed E-state index contributed by atoms with van der Waals surface area (Å²) in [5.74, 6) is -11.8. The predicted molar refractivity (Wildman–Crippen MR) is 128 cm³/mol. The molecule has 0 saturated carbocycles. The highest BCUT2D eigenvalue weighted by molar-refractivity contribution is 6.35. The number of amides is 2. The molecule has 3 aromatic rings. The SMILES string of the molecule is Cc1cc(Cn2nc(C(F)(F)C(F)(F)F)nc2C(F)(F)F)ccc1NC(=O)c1cccc(Cl)c1C(=O)NC(C)C=O. The number of carbonyl (C=O) groups excluding carboxylic acids is 3. The number of halogens is 9. The summed E-state index contributed by atoms with van der Waals surface area (Å²) in [6, 6.07) is 6.76. The smallest absolute Gasteiger partial charge is 0.343 e. The number of aldehydes is 1. The van der Waals surface area contributed by atoms with Crippen LogP contribution in [0.4, 0.5) is 40.8 Å². The number of aromatic nitrogens is 3. The van der Waals surface area contributed by atoms with E-state index in [9.17, 15) is 49.5 Å². The highest BCUT2D eigenvalue weighted by Gasteiger charge is 2.62. The van der Waals surface area contributed by atoms with E-state index in [4.69, 9.17) is 11.6 Å². The van der Waals surface area contributed by atoms with Crippen molar-refractivity contribution < 1.29 is 49.5 Å². The van der Waals surface area contributed by atoms with Gasteiger partial charge < -0.3 is 15.4 Å². The Balaban J connectivity index is 1.89. The second kappa shape index (κ2) is 11.4. The van der Waals surface area contributed by atoms with Crippen molar-refractivity contribution in [1.29, 1.82) is 0 Å². The third kappa shape index (κ3) is 6.81. The first-order chi connectivity index (χ1) is 18.9. The molecule has 0 spiro atoms. The molecule has 0 saturated heterocycles. The number of hydrogen-bond acceptors (Lipinski definition) is 5. The molecule has 1 atom stereocenters. The average Bonchev–Trinajstić information content (AvgIpc) is 3.29. The number of hydrogen-bond donors (Lipinski definition) is 2. The van der Waals surface area contributed by atoms with Crippen molar-refractivity contribution in [3.63, 3.8) is 0 Å². The Hall–Kier alpha value is -4.08. The molecule has 0 bridgehead atoms. The summed E-state index contributed by atoms with van der Waals surface area (Å²) in [7, 11) is 0. The van der Waals surface area contributed by atoms with E-state index in [1.54, 1.807) is 0 Å². The van der Waals surface area contributed by atoms with Crippen molar-refractivity contribution in [1.82, 2.24) is 20.1 Å². The maximum absolute atomic E-state index is 13.6. The zero-order chi connectivity index (χ0) is 30.9. The van der Waals surface area contributed by atoms with Crippen LogP contribution in [-0.2, 0) is 23.4 Å². The maximum Gasteiger partial charge on any atom is 0.461 e.